The summed E-state index contributed by atoms with van der Waals surface area (Å²) in [6.45, 7) is 1.99. The van der Waals surface area contributed by atoms with E-state index in [-0.39, 0.29) is 5.57 Å². The van der Waals surface area contributed by atoms with Gasteiger partial charge in [-0.3, -0.25) is 4.79 Å². The van der Waals surface area contributed by atoms with Crippen LogP contribution in [0.5, 0.6) is 0 Å². The molecule has 0 saturated carbocycles. The van der Waals surface area contributed by atoms with E-state index in [1.54, 1.807) is 24.3 Å². The van der Waals surface area contributed by atoms with Crippen LogP contribution in [0.25, 0.3) is 17.4 Å². The lowest BCUT2D eigenvalue weighted by molar-refractivity contribution is -0.112. The largest absolute Gasteiger partial charge is 0.465 e. The van der Waals surface area contributed by atoms with Gasteiger partial charge in [-0.2, -0.15) is 5.26 Å². The van der Waals surface area contributed by atoms with Crippen LogP contribution in [0.2, 0.25) is 0 Å². The number of halogens is 1. The van der Waals surface area contributed by atoms with E-state index in [1.807, 2.05) is 31.2 Å². The molecule has 3 rings (SSSR count). The lowest BCUT2D eigenvalue weighted by Gasteiger charge is -2.05. The summed E-state index contributed by atoms with van der Waals surface area (Å²) in [4.78, 5) is 23.9. The summed E-state index contributed by atoms with van der Waals surface area (Å²) in [6.07, 6.45) is 1.38. The van der Waals surface area contributed by atoms with Crippen LogP contribution >= 0.6 is 15.9 Å². The van der Waals surface area contributed by atoms with Gasteiger partial charge < -0.3 is 14.5 Å². The highest BCUT2D eigenvalue weighted by molar-refractivity contribution is 9.10. The number of methoxy groups -OCH3 is 1. The third-order valence-electron chi connectivity index (χ3n) is 4.23. The molecule has 2 aromatic carbocycles. The third kappa shape index (κ3) is 4.85. The zero-order chi connectivity index (χ0) is 21.7. The van der Waals surface area contributed by atoms with Gasteiger partial charge in [0.15, 0.2) is 0 Å². The lowest BCUT2D eigenvalue weighted by atomic mass is 10.1. The van der Waals surface area contributed by atoms with Crippen molar-refractivity contribution in [3.63, 3.8) is 0 Å². The molecule has 0 atom stereocenters. The number of amides is 1. The number of benzene rings is 2. The van der Waals surface area contributed by atoms with Crippen LogP contribution in [0.15, 0.2) is 69.1 Å². The molecule has 1 aromatic heterocycles. The quantitative estimate of drug-likeness (QED) is 0.312. The number of anilines is 1. The number of nitrogens with zero attached hydrogens (tertiary/aromatic N) is 1. The summed E-state index contributed by atoms with van der Waals surface area (Å²) >= 11 is 3.52. The van der Waals surface area contributed by atoms with Crippen LogP contribution in [-0.4, -0.2) is 19.0 Å². The fourth-order valence-corrected chi connectivity index (χ4v) is 3.38. The normalized spacial score (nSPS) is 10.9. The standard InChI is InChI=1S/C23H17BrN2O4/c1-14-3-9-19(20(24)11-14)21-10-8-18(30-21)12-16(13-25)22(27)26-17-6-4-15(5-7-17)23(28)29-2/h3-12H,1-2H3,(H,26,27)/b16-12+. The summed E-state index contributed by atoms with van der Waals surface area (Å²) in [5.74, 6) is -0.0634. The second-order valence-electron chi connectivity index (χ2n) is 6.38. The predicted molar refractivity (Wildman–Crippen MR) is 117 cm³/mol. The number of furan rings is 1. The van der Waals surface area contributed by atoms with Crippen LogP contribution in [0, 0.1) is 18.3 Å². The Bertz CT molecular complexity index is 1170. The van der Waals surface area contributed by atoms with E-state index in [2.05, 4.69) is 26.0 Å². The number of hydrogen-bond acceptors (Lipinski definition) is 5. The number of aryl methyl sites for hydroxylation is 1. The van der Waals surface area contributed by atoms with E-state index in [0.717, 1.165) is 15.6 Å². The van der Waals surface area contributed by atoms with Gasteiger partial charge in [0, 0.05) is 21.8 Å². The van der Waals surface area contributed by atoms with E-state index < -0.39 is 11.9 Å². The Balaban J connectivity index is 1.77. The Morgan fingerprint density at radius 2 is 1.87 bits per heavy atom. The first-order valence-electron chi connectivity index (χ1n) is 8.89. The number of nitriles is 1. The van der Waals surface area contributed by atoms with Crippen LogP contribution in [0.3, 0.4) is 0 Å². The van der Waals surface area contributed by atoms with Crippen LogP contribution in [0.1, 0.15) is 21.7 Å². The first-order valence-corrected chi connectivity index (χ1v) is 9.68. The van der Waals surface area contributed by atoms with Gasteiger partial charge in [-0.1, -0.05) is 22.0 Å². The number of carbonyl (C=O) groups excluding carboxylic acids is 2. The maximum atomic E-state index is 12.4. The van der Waals surface area contributed by atoms with Gasteiger partial charge in [-0.15, -0.1) is 0 Å². The van der Waals surface area contributed by atoms with Gasteiger partial charge in [-0.25, -0.2) is 4.79 Å². The molecule has 3 aromatic rings. The smallest absolute Gasteiger partial charge is 0.337 e. The fourth-order valence-electron chi connectivity index (χ4n) is 2.69. The van der Waals surface area contributed by atoms with Crippen molar-refractivity contribution < 1.29 is 18.7 Å². The van der Waals surface area contributed by atoms with Gasteiger partial charge in [0.05, 0.1) is 12.7 Å². The molecular formula is C23H17BrN2O4. The van der Waals surface area contributed by atoms with Gasteiger partial charge in [-0.05, 0) is 61.0 Å². The highest BCUT2D eigenvalue weighted by Crippen LogP contribution is 2.31. The minimum atomic E-state index is -0.585. The average molecular weight is 465 g/mol. The molecular weight excluding hydrogens is 448 g/mol. The lowest BCUT2D eigenvalue weighted by Crippen LogP contribution is -2.13. The Labute approximate surface area is 181 Å². The van der Waals surface area contributed by atoms with E-state index in [4.69, 9.17) is 4.42 Å². The SMILES string of the molecule is COC(=O)c1ccc(NC(=O)/C(C#N)=C/c2ccc(-c3ccc(C)cc3Br)o2)cc1. The molecule has 0 unspecified atom stereocenters. The van der Waals surface area contributed by atoms with Crippen LogP contribution < -0.4 is 5.32 Å². The van der Waals surface area contributed by atoms with Crippen LogP contribution in [0.4, 0.5) is 5.69 Å². The molecule has 0 bridgehead atoms. The molecule has 150 valence electrons. The first kappa shape index (κ1) is 21.1. The van der Waals surface area contributed by atoms with Crippen molar-refractivity contribution in [1.82, 2.24) is 0 Å². The summed E-state index contributed by atoms with van der Waals surface area (Å²) in [6, 6.07) is 17.4. The van der Waals surface area contributed by atoms with Crippen LogP contribution in [-0.2, 0) is 9.53 Å². The Kier molecular flexibility index (Phi) is 6.50. The zero-order valence-electron chi connectivity index (χ0n) is 16.2. The monoisotopic (exact) mass is 464 g/mol. The number of rotatable bonds is 5. The summed E-state index contributed by atoms with van der Waals surface area (Å²) in [5.41, 5.74) is 2.67. The highest BCUT2D eigenvalue weighted by Gasteiger charge is 2.13. The van der Waals surface area contributed by atoms with Crippen molar-refractivity contribution >= 4 is 39.6 Å². The molecule has 1 heterocycles. The van der Waals surface area contributed by atoms with Gasteiger partial charge in [0.1, 0.15) is 23.2 Å². The van der Waals surface area contributed by atoms with E-state index in [9.17, 15) is 14.9 Å². The maximum Gasteiger partial charge on any atom is 0.337 e. The number of hydrogen-bond donors (Lipinski definition) is 1. The molecule has 0 fully saturated rings. The van der Waals surface area contributed by atoms with Crippen molar-refractivity contribution in [2.75, 3.05) is 12.4 Å². The Hall–Kier alpha value is -3.63. The molecule has 0 aliphatic rings. The molecule has 0 spiro atoms. The summed E-state index contributed by atoms with van der Waals surface area (Å²) < 4.78 is 11.3. The van der Waals surface area contributed by atoms with Gasteiger partial charge in [0.2, 0.25) is 0 Å². The molecule has 0 aliphatic heterocycles. The van der Waals surface area contributed by atoms with Gasteiger partial charge in [0.25, 0.3) is 5.91 Å². The number of ether oxygens (including phenoxy) is 1. The van der Waals surface area contributed by atoms with E-state index in [1.165, 1.54) is 25.3 Å². The Morgan fingerprint density at radius 1 is 1.13 bits per heavy atom. The topological polar surface area (TPSA) is 92.3 Å². The average Bonchev–Trinajstić information content (AvgIpc) is 3.20. The summed E-state index contributed by atoms with van der Waals surface area (Å²) in [5, 5.41) is 12.0. The molecule has 0 saturated heterocycles. The second-order valence-corrected chi connectivity index (χ2v) is 7.23. The third-order valence-corrected chi connectivity index (χ3v) is 4.89. The summed E-state index contributed by atoms with van der Waals surface area (Å²) in [7, 11) is 1.29. The molecule has 1 N–H and O–H groups in total. The van der Waals surface area contributed by atoms with Crippen molar-refractivity contribution in [2.24, 2.45) is 0 Å². The first-order chi connectivity index (χ1) is 14.4. The molecule has 0 aliphatic carbocycles. The number of esters is 1. The highest BCUT2D eigenvalue weighted by atomic mass is 79.9. The maximum absolute atomic E-state index is 12.4. The van der Waals surface area contributed by atoms with Crippen molar-refractivity contribution in [2.45, 2.75) is 6.92 Å². The minimum absolute atomic E-state index is 0.115. The van der Waals surface area contributed by atoms with E-state index in [0.29, 0.717) is 22.8 Å². The van der Waals surface area contributed by atoms with E-state index >= 15 is 0 Å². The number of carbonyl (C=O) groups is 2. The molecule has 1 amide bonds. The van der Waals surface area contributed by atoms with Crippen molar-refractivity contribution in [3.05, 3.63) is 81.5 Å². The van der Waals surface area contributed by atoms with Gasteiger partial charge >= 0.3 is 5.97 Å². The fraction of sp³-hybridized carbons (Fsp3) is 0.0870. The molecule has 30 heavy (non-hydrogen) atoms. The second kappa shape index (κ2) is 9.25. The minimum Gasteiger partial charge on any atom is -0.465 e. The predicted octanol–water partition coefficient (Wildman–Crippen LogP) is 5.35. The molecule has 6 nitrogen and oxygen atoms in total. The zero-order valence-corrected chi connectivity index (χ0v) is 17.8. The van der Waals surface area contributed by atoms with Crippen molar-refractivity contribution in [1.29, 1.82) is 5.26 Å². The van der Waals surface area contributed by atoms with Crippen molar-refractivity contribution in [3.8, 4) is 17.4 Å². The number of nitrogens with one attached hydrogen (secondary N) is 1. The molecule has 0 radical (unpaired) electrons. The Morgan fingerprint density at radius 3 is 2.50 bits per heavy atom. The molecule has 7 heteroatoms.